The zero-order valence-corrected chi connectivity index (χ0v) is 7.26. The summed E-state index contributed by atoms with van der Waals surface area (Å²) in [5.41, 5.74) is 1.95. The lowest BCUT2D eigenvalue weighted by Crippen LogP contribution is -2.17. The van der Waals surface area contributed by atoms with Crippen LogP contribution in [0.25, 0.3) is 0 Å². The minimum Gasteiger partial charge on any atom is -0.497 e. The highest BCUT2D eigenvalue weighted by Gasteiger charge is 2.30. The molecule has 0 aromatic heterocycles. The van der Waals surface area contributed by atoms with E-state index in [0.717, 1.165) is 0 Å². The Labute approximate surface area is 78.4 Å². The predicted molar refractivity (Wildman–Crippen MR) is 43.8 cm³/mol. The van der Waals surface area contributed by atoms with E-state index in [2.05, 4.69) is 4.84 Å². The highest BCUT2D eigenvalue weighted by atomic mass is 19.4. The molecule has 14 heavy (non-hydrogen) atoms. The van der Waals surface area contributed by atoms with E-state index in [1.165, 1.54) is 31.4 Å². The minimum absolute atomic E-state index is 0.197. The second-order valence-electron chi connectivity index (χ2n) is 2.38. The predicted octanol–water partition coefficient (Wildman–Crippen LogP) is 2.56. The molecule has 0 bridgehead atoms. The Kier molecular flexibility index (Phi) is 3.19. The summed E-state index contributed by atoms with van der Waals surface area (Å²) in [4.78, 5) is 3.40. The molecule has 0 saturated heterocycles. The molecule has 6 heteroatoms. The van der Waals surface area contributed by atoms with Gasteiger partial charge in [0.2, 0.25) is 0 Å². The van der Waals surface area contributed by atoms with Crippen molar-refractivity contribution < 1.29 is 22.7 Å². The van der Waals surface area contributed by atoms with Crippen molar-refractivity contribution in [1.82, 2.24) is 0 Å². The first-order valence-corrected chi connectivity index (χ1v) is 3.66. The van der Waals surface area contributed by atoms with Gasteiger partial charge in [0.05, 0.1) is 12.8 Å². The van der Waals surface area contributed by atoms with Crippen molar-refractivity contribution in [2.45, 2.75) is 6.36 Å². The third-order valence-corrected chi connectivity index (χ3v) is 1.37. The van der Waals surface area contributed by atoms with Crippen molar-refractivity contribution in [3.8, 4) is 5.75 Å². The Morgan fingerprint density at radius 3 is 2.14 bits per heavy atom. The molecule has 1 N–H and O–H groups in total. The van der Waals surface area contributed by atoms with Gasteiger partial charge in [-0.25, -0.2) is 0 Å². The number of anilines is 1. The molecule has 3 nitrogen and oxygen atoms in total. The highest BCUT2D eigenvalue weighted by Crippen LogP contribution is 2.19. The van der Waals surface area contributed by atoms with E-state index in [0.29, 0.717) is 5.75 Å². The number of nitrogens with one attached hydrogen (secondary N) is 1. The molecular weight excluding hydrogens is 199 g/mol. The number of rotatable bonds is 3. The lowest BCUT2D eigenvalue weighted by molar-refractivity contribution is -0.311. The van der Waals surface area contributed by atoms with Crippen LogP contribution in [-0.4, -0.2) is 13.5 Å². The van der Waals surface area contributed by atoms with Crippen LogP contribution in [0.2, 0.25) is 0 Å². The van der Waals surface area contributed by atoms with Crippen LogP contribution in [0.5, 0.6) is 5.75 Å². The molecule has 0 amide bonds. The van der Waals surface area contributed by atoms with Crippen LogP contribution in [0.1, 0.15) is 0 Å². The van der Waals surface area contributed by atoms with Gasteiger partial charge in [0, 0.05) is 0 Å². The van der Waals surface area contributed by atoms with Crippen LogP contribution in [0.4, 0.5) is 18.9 Å². The topological polar surface area (TPSA) is 30.5 Å². The number of ether oxygens (including phenoxy) is 1. The van der Waals surface area contributed by atoms with E-state index in [4.69, 9.17) is 4.74 Å². The lowest BCUT2D eigenvalue weighted by atomic mass is 10.3. The largest absolute Gasteiger partial charge is 0.543 e. The third-order valence-electron chi connectivity index (χ3n) is 1.37. The number of benzene rings is 1. The average Bonchev–Trinajstić information content (AvgIpc) is 2.14. The Balaban J connectivity index is 2.52. The van der Waals surface area contributed by atoms with Crippen LogP contribution in [0, 0.1) is 0 Å². The van der Waals surface area contributed by atoms with Crippen molar-refractivity contribution in [3.05, 3.63) is 24.3 Å². The minimum atomic E-state index is -4.69. The molecule has 0 spiro atoms. The highest BCUT2D eigenvalue weighted by molar-refractivity contribution is 5.44. The van der Waals surface area contributed by atoms with E-state index in [9.17, 15) is 13.2 Å². The van der Waals surface area contributed by atoms with Crippen molar-refractivity contribution in [3.63, 3.8) is 0 Å². The molecule has 0 aliphatic heterocycles. The first-order chi connectivity index (χ1) is 6.51. The van der Waals surface area contributed by atoms with E-state index in [1.807, 2.05) is 0 Å². The summed E-state index contributed by atoms with van der Waals surface area (Å²) in [6, 6.07) is 5.85. The fourth-order valence-corrected chi connectivity index (χ4v) is 0.776. The molecule has 1 aromatic rings. The van der Waals surface area contributed by atoms with Crippen LogP contribution < -0.4 is 10.2 Å². The average molecular weight is 207 g/mol. The van der Waals surface area contributed by atoms with Crippen molar-refractivity contribution in [1.29, 1.82) is 0 Å². The fourth-order valence-electron chi connectivity index (χ4n) is 0.776. The van der Waals surface area contributed by atoms with Crippen LogP contribution >= 0.6 is 0 Å². The maximum absolute atomic E-state index is 11.6. The maximum atomic E-state index is 11.6. The van der Waals surface area contributed by atoms with E-state index in [-0.39, 0.29) is 5.69 Å². The van der Waals surface area contributed by atoms with Gasteiger partial charge in [0.1, 0.15) is 5.75 Å². The van der Waals surface area contributed by atoms with Crippen LogP contribution in [0.3, 0.4) is 0 Å². The fraction of sp³-hybridized carbons (Fsp3) is 0.250. The first-order valence-electron chi connectivity index (χ1n) is 3.66. The second kappa shape index (κ2) is 4.19. The number of methoxy groups -OCH3 is 1. The summed E-state index contributed by atoms with van der Waals surface area (Å²) in [5.74, 6) is 0.558. The molecule has 0 aliphatic carbocycles. The van der Waals surface area contributed by atoms with Gasteiger partial charge >= 0.3 is 6.36 Å². The molecule has 0 aliphatic rings. The van der Waals surface area contributed by atoms with Crippen molar-refractivity contribution >= 4 is 5.69 Å². The van der Waals surface area contributed by atoms with Gasteiger partial charge in [0.25, 0.3) is 0 Å². The van der Waals surface area contributed by atoms with Gasteiger partial charge in [0.15, 0.2) is 0 Å². The quantitative estimate of drug-likeness (QED) is 0.772. The maximum Gasteiger partial charge on any atom is 0.543 e. The van der Waals surface area contributed by atoms with Crippen LogP contribution in [0.15, 0.2) is 24.3 Å². The molecule has 0 atom stereocenters. The zero-order chi connectivity index (χ0) is 10.6. The molecule has 1 aromatic carbocycles. The summed E-state index contributed by atoms with van der Waals surface area (Å²) in [7, 11) is 1.47. The van der Waals surface area contributed by atoms with Gasteiger partial charge in [-0.2, -0.15) is 4.84 Å². The van der Waals surface area contributed by atoms with Gasteiger partial charge < -0.3 is 4.74 Å². The lowest BCUT2D eigenvalue weighted by Gasteiger charge is -2.09. The summed E-state index contributed by atoms with van der Waals surface area (Å²) in [6.07, 6.45) is -4.69. The number of halogens is 3. The van der Waals surface area contributed by atoms with Crippen molar-refractivity contribution in [2.75, 3.05) is 12.6 Å². The van der Waals surface area contributed by atoms with Gasteiger partial charge in [-0.05, 0) is 24.3 Å². The third kappa shape index (κ3) is 3.53. The van der Waals surface area contributed by atoms with Gasteiger partial charge in [-0.1, -0.05) is 0 Å². The van der Waals surface area contributed by atoms with E-state index >= 15 is 0 Å². The molecule has 78 valence electrons. The Hall–Kier alpha value is -1.43. The normalized spacial score (nSPS) is 11.1. The first kappa shape index (κ1) is 10.6. The summed E-state index contributed by atoms with van der Waals surface area (Å²) in [5, 5.41) is 0. The smallest absolute Gasteiger partial charge is 0.497 e. The molecule has 0 fully saturated rings. The number of hydrogen-bond acceptors (Lipinski definition) is 3. The summed E-state index contributed by atoms with van der Waals surface area (Å²) < 4.78 is 39.6. The number of hydrogen-bond donors (Lipinski definition) is 1. The van der Waals surface area contributed by atoms with Crippen LogP contribution in [-0.2, 0) is 4.84 Å². The standard InChI is InChI=1S/C8H8F3NO2/c1-13-7-4-2-6(3-5-7)12-14-8(9,10)11/h2-5,12H,1H3. The second-order valence-corrected chi connectivity index (χ2v) is 2.38. The Morgan fingerprint density at radius 2 is 1.71 bits per heavy atom. The van der Waals surface area contributed by atoms with Crippen molar-refractivity contribution in [2.24, 2.45) is 0 Å². The number of alkyl halides is 3. The zero-order valence-electron chi connectivity index (χ0n) is 7.26. The van der Waals surface area contributed by atoms with Gasteiger partial charge in [-0.3, -0.25) is 5.48 Å². The Morgan fingerprint density at radius 1 is 1.14 bits per heavy atom. The molecule has 0 saturated carbocycles. The molecule has 0 radical (unpaired) electrons. The summed E-state index contributed by atoms with van der Waals surface area (Å²) >= 11 is 0. The monoisotopic (exact) mass is 207 g/mol. The molecule has 0 unspecified atom stereocenters. The molecular formula is C8H8F3NO2. The molecule has 1 rings (SSSR count). The Bertz CT molecular complexity index is 284. The summed E-state index contributed by atoms with van der Waals surface area (Å²) in [6.45, 7) is 0. The van der Waals surface area contributed by atoms with E-state index < -0.39 is 6.36 Å². The van der Waals surface area contributed by atoms with Gasteiger partial charge in [-0.15, -0.1) is 13.2 Å². The molecule has 0 heterocycles. The SMILES string of the molecule is COc1ccc(NOC(F)(F)F)cc1. The van der Waals surface area contributed by atoms with E-state index in [1.54, 1.807) is 5.48 Å².